The summed E-state index contributed by atoms with van der Waals surface area (Å²) in [6, 6.07) is 11.0. The van der Waals surface area contributed by atoms with Crippen LogP contribution in [-0.4, -0.2) is 12.8 Å². The first-order chi connectivity index (χ1) is 8.33. The van der Waals surface area contributed by atoms with E-state index in [-0.39, 0.29) is 20.3 Å². The van der Waals surface area contributed by atoms with E-state index < -0.39 is 0 Å². The lowest BCUT2D eigenvalue weighted by Crippen LogP contribution is -3.00. The van der Waals surface area contributed by atoms with Crippen molar-refractivity contribution in [3.8, 4) is 0 Å². The van der Waals surface area contributed by atoms with Crippen LogP contribution in [-0.2, 0) is 6.16 Å². The van der Waals surface area contributed by atoms with E-state index >= 15 is 0 Å². The molecule has 1 aromatic rings. The molecule has 0 saturated carbocycles. The fourth-order valence-corrected chi connectivity index (χ4v) is 4.20. The van der Waals surface area contributed by atoms with Crippen LogP contribution in [0.4, 0.5) is 0 Å². The van der Waals surface area contributed by atoms with Gasteiger partial charge in [0.25, 0.3) is 0 Å². The van der Waals surface area contributed by atoms with Gasteiger partial charge >= 0.3 is 0 Å². The van der Waals surface area contributed by atoms with Gasteiger partial charge in [0.2, 0.25) is 0 Å². The molecule has 0 nitrogen and oxygen atoms in total. The molecule has 0 fully saturated rings. The quantitative estimate of drug-likeness (QED) is 0.483. The molecule has 0 heterocycles. The van der Waals surface area contributed by atoms with Crippen molar-refractivity contribution in [1.29, 1.82) is 0 Å². The number of benzene rings is 1. The standard InChI is InChI=1S/C16H27P.ClH/c1-3-4-5-6-7-11-14-17(2)15-16-12-9-8-10-13-16;/h8-10,12-13H,3-7,11,14-15H2,1-2H3;1H. The second-order valence-corrected chi connectivity index (χ2v) is 7.91. The lowest BCUT2D eigenvalue weighted by atomic mass is 10.1. The van der Waals surface area contributed by atoms with Crippen LogP contribution < -0.4 is 12.4 Å². The van der Waals surface area contributed by atoms with Gasteiger partial charge in [-0.2, -0.15) is 0 Å². The lowest BCUT2D eigenvalue weighted by Gasteiger charge is -2.05. The van der Waals surface area contributed by atoms with Crippen molar-refractivity contribution >= 4 is 7.92 Å². The van der Waals surface area contributed by atoms with E-state index in [1.54, 1.807) is 0 Å². The molecule has 18 heavy (non-hydrogen) atoms. The first-order valence-corrected chi connectivity index (χ1v) is 9.59. The molecule has 0 radical (unpaired) electrons. The molecule has 0 saturated heterocycles. The maximum absolute atomic E-state index is 2.49. The summed E-state index contributed by atoms with van der Waals surface area (Å²) in [4.78, 5) is 0. The summed E-state index contributed by atoms with van der Waals surface area (Å²) in [5, 5.41) is 0. The molecule has 0 bridgehead atoms. The zero-order valence-corrected chi connectivity index (χ0v) is 13.7. The molecule has 0 N–H and O–H groups in total. The predicted octanol–water partition coefficient (Wildman–Crippen LogP) is 2.40. The first-order valence-electron chi connectivity index (χ1n) is 7.18. The summed E-state index contributed by atoms with van der Waals surface area (Å²) in [5.41, 5.74) is 1.54. The van der Waals surface area contributed by atoms with E-state index in [0.29, 0.717) is 0 Å². The van der Waals surface area contributed by atoms with Crippen LogP contribution in [0.2, 0.25) is 0 Å². The molecule has 104 valence electrons. The molecule has 0 aliphatic heterocycles. The Hall–Kier alpha value is -0.0600. The smallest absolute Gasteiger partial charge is 0.0817 e. The molecule has 0 aliphatic rings. The maximum Gasteiger partial charge on any atom is 0.0817 e. The van der Waals surface area contributed by atoms with Crippen LogP contribution in [0.5, 0.6) is 0 Å². The third kappa shape index (κ3) is 8.95. The molecule has 0 aromatic heterocycles. The zero-order chi connectivity index (χ0) is 12.3. The van der Waals surface area contributed by atoms with Gasteiger partial charge in [-0.1, -0.05) is 62.9 Å². The summed E-state index contributed by atoms with van der Waals surface area (Å²) in [5.74, 6) is 0. The van der Waals surface area contributed by atoms with Crippen LogP contribution in [0.15, 0.2) is 30.3 Å². The van der Waals surface area contributed by atoms with Crippen molar-refractivity contribution in [3.05, 3.63) is 35.9 Å². The van der Waals surface area contributed by atoms with Crippen LogP contribution in [0.3, 0.4) is 0 Å². The molecule has 1 aromatic carbocycles. The highest BCUT2D eigenvalue weighted by Crippen LogP contribution is 2.36. The molecule has 1 rings (SSSR count). The second-order valence-electron chi connectivity index (χ2n) is 5.14. The normalized spacial score (nSPS) is 11.9. The van der Waals surface area contributed by atoms with Crippen LogP contribution in [0.25, 0.3) is 0 Å². The SMILES string of the molecule is CCCCCCCC[PH+](C)Cc1ccccc1.[Cl-]. The minimum Gasteiger partial charge on any atom is -1.00 e. The maximum atomic E-state index is 2.49. The Kier molecular flexibility index (Phi) is 12.0. The highest BCUT2D eigenvalue weighted by Gasteiger charge is 2.08. The van der Waals surface area contributed by atoms with E-state index in [2.05, 4.69) is 43.9 Å². The number of halogens is 1. The Morgan fingerprint density at radius 1 is 0.889 bits per heavy atom. The number of unbranched alkanes of at least 4 members (excludes halogenated alkanes) is 5. The average molecular weight is 287 g/mol. The van der Waals surface area contributed by atoms with Crippen molar-refractivity contribution in [2.24, 2.45) is 0 Å². The second kappa shape index (κ2) is 12.0. The Morgan fingerprint density at radius 3 is 2.17 bits per heavy atom. The Bertz CT molecular complexity index is 274. The van der Waals surface area contributed by atoms with Crippen molar-refractivity contribution in [3.63, 3.8) is 0 Å². The van der Waals surface area contributed by atoms with Crippen molar-refractivity contribution in [2.45, 2.75) is 51.6 Å². The van der Waals surface area contributed by atoms with Crippen molar-refractivity contribution in [2.75, 3.05) is 12.8 Å². The number of hydrogen-bond donors (Lipinski definition) is 0. The number of hydrogen-bond acceptors (Lipinski definition) is 0. The van der Waals surface area contributed by atoms with Gasteiger partial charge in [0.05, 0.1) is 12.3 Å². The van der Waals surface area contributed by atoms with E-state index in [4.69, 9.17) is 0 Å². The summed E-state index contributed by atoms with van der Waals surface area (Å²) in [7, 11) is -0.134. The minimum absolute atomic E-state index is 0. The summed E-state index contributed by atoms with van der Waals surface area (Å²) < 4.78 is 0. The molecule has 2 heteroatoms. The molecular formula is C16H28ClP. The van der Waals surface area contributed by atoms with E-state index in [1.165, 1.54) is 56.4 Å². The van der Waals surface area contributed by atoms with E-state index in [0.717, 1.165) is 0 Å². The Balaban J connectivity index is 0.00000289. The topological polar surface area (TPSA) is 0 Å². The molecule has 1 unspecified atom stereocenters. The van der Waals surface area contributed by atoms with Gasteiger partial charge in [-0.05, 0) is 18.4 Å². The molecule has 0 amide bonds. The molecular weight excluding hydrogens is 259 g/mol. The van der Waals surface area contributed by atoms with Gasteiger partial charge in [-0.25, -0.2) is 0 Å². The van der Waals surface area contributed by atoms with Gasteiger partial charge in [0.15, 0.2) is 0 Å². The van der Waals surface area contributed by atoms with Crippen LogP contribution in [0.1, 0.15) is 51.0 Å². The van der Waals surface area contributed by atoms with E-state index in [9.17, 15) is 0 Å². The third-order valence-electron chi connectivity index (χ3n) is 3.31. The van der Waals surface area contributed by atoms with Gasteiger partial charge in [0, 0.05) is 14.6 Å². The third-order valence-corrected chi connectivity index (χ3v) is 5.52. The average Bonchev–Trinajstić information content (AvgIpc) is 2.35. The van der Waals surface area contributed by atoms with Gasteiger partial charge in [0.1, 0.15) is 0 Å². The highest BCUT2D eigenvalue weighted by atomic mass is 35.5. The fourth-order valence-electron chi connectivity index (χ4n) is 2.24. The predicted molar refractivity (Wildman–Crippen MR) is 82.6 cm³/mol. The monoisotopic (exact) mass is 286 g/mol. The van der Waals surface area contributed by atoms with Crippen LogP contribution in [0, 0.1) is 0 Å². The lowest BCUT2D eigenvalue weighted by molar-refractivity contribution is -0.00000375. The van der Waals surface area contributed by atoms with Gasteiger partial charge in [-0.3, -0.25) is 0 Å². The van der Waals surface area contributed by atoms with Crippen LogP contribution >= 0.6 is 7.92 Å². The van der Waals surface area contributed by atoms with Gasteiger partial charge in [-0.15, -0.1) is 0 Å². The largest absolute Gasteiger partial charge is 1.00 e. The number of rotatable bonds is 9. The summed E-state index contributed by atoms with van der Waals surface area (Å²) in [6.07, 6.45) is 11.4. The van der Waals surface area contributed by atoms with Gasteiger partial charge < -0.3 is 12.4 Å². The summed E-state index contributed by atoms with van der Waals surface area (Å²) >= 11 is 0. The Morgan fingerprint density at radius 2 is 1.50 bits per heavy atom. The zero-order valence-electron chi connectivity index (χ0n) is 11.9. The van der Waals surface area contributed by atoms with Crippen molar-refractivity contribution < 1.29 is 12.4 Å². The van der Waals surface area contributed by atoms with E-state index in [1.807, 2.05) is 0 Å². The van der Waals surface area contributed by atoms with Crippen molar-refractivity contribution in [1.82, 2.24) is 0 Å². The fraction of sp³-hybridized carbons (Fsp3) is 0.625. The highest BCUT2D eigenvalue weighted by molar-refractivity contribution is 7.55. The molecule has 0 aliphatic carbocycles. The molecule has 0 spiro atoms. The molecule has 1 atom stereocenters. The minimum atomic E-state index is -0.134. The summed E-state index contributed by atoms with van der Waals surface area (Å²) in [6.45, 7) is 4.77. The Labute approximate surface area is 121 Å². The first kappa shape index (κ1) is 17.9.